The molecule has 1 unspecified atom stereocenters. The third kappa shape index (κ3) is 3.78. The Morgan fingerprint density at radius 1 is 1.43 bits per heavy atom. The summed E-state index contributed by atoms with van der Waals surface area (Å²) < 4.78 is 0. The van der Waals surface area contributed by atoms with Crippen LogP contribution in [-0.4, -0.2) is 20.9 Å². The van der Waals surface area contributed by atoms with Crippen molar-refractivity contribution in [2.24, 2.45) is 0 Å². The number of anilines is 1. The Hall–Kier alpha value is -2.90. The van der Waals surface area contributed by atoms with Crippen LogP contribution in [-0.2, 0) is 0 Å². The van der Waals surface area contributed by atoms with Crippen molar-refractivity contribution in [3.05, 3.63) is 52.6 Å². The van der Waals surface area contributed by atoms with Crippen molar-refractivity contribution in [2.45, 2.75) is 19.4 Å². The number of nitro groups is 1. The van der Waals surface area contributed by atoms with Crippen molar-refractivity contribution >= 4 is 17.4 Å². The molecule has 0 fully saturated rings. The lowest BCUT2D eigenvalue weighted by Crippen LogP contribution is -2.32. The van der Waals surface area contributed by atoms with E-state index < -0.39 is 11.0 Å². The maximum Gasteiger partial charge on any atom is 0.319 e. The number of amides is 2. The number of non-ortho nitro benzene ring substituents is 1. The van der Waals surface area contributed by atoms with Gasteiger partial charge in [0.2, 0.25) is 0 Å². The number of nitrogens with one attached hydrogen (secondary N) is 3. The molecule has 0 spiro atoms. The first-order chi connectivity index (χ1) is 10.1. The minimum Gasteiger partial charge on any atom is -0.347 e. The van der Waals surface area contributed by atoms with Gasteiger partial charge in [-0.3, -0.25) is 10.1 Å². The standard InChI is InChI=1S/C13H15N5O3/c1-2-11(12-14-7-8-15-12)17-13(19)16-9-3-5-10(6-4-9)18(20)21/h3-8,11H,2H2,1H3,(H,14,15)(H2,16,17,19). The summed E-state index contributed by atoms with van der Waals surface area (Å²) in [7, 11) is 0. The van der Waals surface area contributed by atoms with Crippen LogP contribution in [0.5, 0.6) is 0 Å². The molecule has 0 aliphatic carbocycles. The van der Waals surface area contributed by atoms with Gasteiger partial charge >= 0.3 is 6.03 Å². The van der Waals surface area contributed by atoms with Crippen LogP contribution in [0.1, 0.15) is 25.2 Å². The van der Waals surface area contributed by atoms with E-state index in [0.717, 1.165) is 0 Å². The second-order valence-electron chi connectivity index (χ2n) is 4.34. The number of nitrogens with zero attached hydrogens (tertiary/aromatic N) is 2. The van der Waals surface area contributed by atoms with Crippen molar-refractivity contribution in [2.75, 3.05) is 5.32 Å². The monoisotopic (exact) mass is 289 g/mol. The van der Waals surface area contributed by atoms with Gasteiger partial charge in [-0.1, -0.05) is 6.92 Å². The van der Waals surface area contributed by atoms with Crippen molar-refractivity contribution in [3.8, 4) is 0 Å². The molecule has 2 aromatic rings. The summed E-state index contributed by atoms with van der Waals surface area (Å²) >= 11 is 0. The molecule has 110 valence electrons. The van der Waals surface area contributed by atoms with Crippen molar-refractivity contribution in [1.29, 1.82) is 0 Å². The van der Waals surface area contributed by atoms with Crippen LogP contribution < -0.4 is 10.6 Å². The highest BCUT2D eigenvalue weighted by atomic mass is 16.6. The molecule has 0 aliphatic heterocycles. The van der Waals surface area contributed by atoms with Crippen LogP contribution in [0.4, 0.5) is 16.2 Å². The Kier molecular flexibility index (Phi) is 4.50. The van der Waals surface area contributed by atoms with Gasteiger partial charge in [-0.15, -0.1) is 0 Å². The first-order valence-electron chi connectivity index (χ1n) is 6.41. The first kappa shape index (κ1) is 14.5. The number of benzene rings is 1. The average molecular weight is 289 g/mol. The van der Waals surface area contributed by atoms with E-state index in [0.29, 0.717) is 17.9 Å². The quantitative estimate of drug-likeness (QED) is 0.580. The predicted molar refractivity (Wildman–Crippen MR) is 76.9 cm³/mol. The highest BCUT2D eigenvalue weighted by Crippen LogP contribution is 2.16. The smallest absolute Gasteiger partial charge is 0.319 e. The fourth-order valence-electron chi connectivity index (χ4n) is 1.82. The second-order valence-corrected chi connectivity index (χ2v) is 4.34. The average Bonchev–Trinajstić information content (AvgIpc) is 2.99. The fraction of sp³-hybridized carbons (Fsp3) is 0.231. The van der Waals surface area contributed by atoms with Gasteiger partial charge in [-0.25, -0.2) is 9.78 Å². The molecule has 8 heteroatoms. The molecule has 3 N–H and O–H groups in total. The van der Waals surface area contributed by atoms with Crippen molar-refractivity contribution < 1.29 is 9.72 Å². The zero-order valence-corrected chi connectivity index (χ0v) is 11.4. The zero-order chi connectivity index (χ0) is 15.2. The number of hydrogen-bond acceptors (Lipinski definition) is 4. The largest absolute Gasteiger partial charge is 0.347 e. The van der Waals surface area contributed by atoms with E-state index in [1.165, 1.54) is 24.3 Å². The van der Waals surface area contributed by atoms with Crippen LogP contribution in [0, 0.1) is 10.1 Å². The molecule has 0 saturated carbocycles. The van der Waals surface area contributed by atoms with E-state index in [2.05, 4.69) is 20.6 Å². The van der Waals surface area contributed by atoms with Gasteiger partial charge in [0.1, 0.15) is 5.82 Å². The van der Waals surface area contributed by atoms with E-state index >= 15 is 0 Å². The fourth-order valence-corrected chi connectivity index (χ4v) is 1.82. The highest BCUT2D eigenvalue weighted by molar-refractivity contribution is 5.89. The number of rotatable bonds is 5. The van der Waals surface area contributed by atoms with Crippen molar-refractivity contribution in [1.82, 2.24) is 15.3 Å². The van der Waals surface area contributed by atoms with Gasteiger partial charge in [-0.2, -0.15) is 0 Å². The molecule has 0 saturated heterocycles. The number of imidazole rings is 1. The maximum atomic E-state index is 11.9. The van der Waals surface area contributed by atoms with Gasteiger partial charge in [0.15, 0.2) is 0 Å². The van der Waals surface area contributed by atoms with E-state index in [-0.39, 0.29) is 11.7 Å². The van der Waals surface area contributed by atoms with E-state index in [9.17, 15) is 14.9 Å². The van der Waals surface area contributed by atoms with Crippen LogP contribution in [0.3, 0.4) is 0 Å². The van der Waals surface area contributed by atoms with Crippen LogP contribution in [0.25, 0.3) is 0 Å². The lowest BCUT2D eigenvalue weighted by molar-refractivity contribution is -0.384. The molecule has 2 rings (SSSR count). The van der Waals surface area contributed by atoms with Crippen LogP contribution in [0.2, 0.25) is 0 Å². The third-order valence-corrected chi connectivity index (χ3v) is 2.90. The maximum absolute atomic E-state index is 11.9. The Morgan fingerprint density at radius 2 is 2.14 bits per heavy atom. The molecule has 0 bridgehead atoms. The first-order valence-corrected chi connectivity index (χ1v) is 6.41. The lowest BCUT2D eigenvalue weighted by atomic mass is 10.2. The van der Waals surface area contributed by atoms with Gasteiger partial charge in [0.25, 0.3) is 5.69 Å². The summed E-state index contributed by atoms with van der Waals surface area (Å²) in [5, 5.41) is 15.9. The van der Waals surface area contributed by atoms with Gasteiger partial charge < -0.3 is 15.6 Å². The molecule has 21 heavy (non-hydrogen) atoms. The van der Waals surface area contributed by atoms with Crippen LogP contribution in [0.15, 0.2) is 36.7 Å². The summed E-state index contributed by atoms with van der Waals surface area (Å²) in [6, 6.07) is 5.00. The van der Waals surface area contributed by atoms with E-state index in [1.807, 2.05) is 6.92 Å². The lowest BCUT2D eigenvalue weighted by Gasteiger charge is -2.15. The Morgan fingerprint density at radius 3 is 2.67 bits per heavy atom. The number of H-pyrrole nitrogens is 1. The Balaban J connectivity index is 1.96. The number of urea groups is 1. The molecule has 0 aliphatic rings. The number of aromatic nitrogens is 2. The summed E-state index contributed by atoms with van der Waals surface area (Å²) in [5.41, 5.74) is 0.454. The summed E-state index contributed by atoms with van der Waals surface area (Å²) in [6.45, 7) is 1.93. The molecule has 1 heterocycles. The number of carbonyl (C=O) groups excluding carboxylic acids is 1. The molecule has 2 amide bonds. The molecular formula is C13H15N5O3. The van der Waals surface area contributed by atoms with Crippen LogP contribution >= 0.6 is 0 Å². The third-order valence-electron chi connectivity index (χ3n) is 2.90. The van der Waals surface area contributed by atoms with Gasteiger partial charge in [0.05, 0.1) is 11.0 Å². The minimum absolute atomic E-state index is 0.0250. The van der Waals surface area contributed by atoms with Gasteiger partial charge in [-0.05, 0) is 18.6 Å². The topological polar surface area (TPSA) is 113 Å². The Bertz CT molecular complexity index is 609. The van der Waals surface area contributed by atoms with E-state index in [4.69, 9.17) is 0 Å². The van der Waals surface area contributed by atoms with Crippen molar-refractivity contribution in [3.63, 3.8) is 0 Å². The summed E-state index contributed by atoms with van der Waals surface area (Å²) in [6.07, 6.45) is 3.99. The SMILES string of the molecule is CCC(NC(=O)Nc1ccc([N+](=O)[O-])cc1)c1ncc[nH]1. The van der Waals surface area contributed by atoms with Gasteiger partial charge in [0, 0.05) is 30.2 Å². The molecule has 1 aromatic carbocycles. The number of carbonyl (C=O) groups is 1. The predicted octanol–water partition coefficient (Wildman–Crippen LogP) is 2.59. The molecule has 1 atom stereocenters. The normalized spacial score (nSPS) is 11.7. The molecule has 1 aromatic heterocycles. The Labute approximate surface area is 120 Å². The van der Waals surface area contributed by atoms with E-state index in [1.54, 1.807) is 12.4 Å². The summed E-state index contributed by atoms with van der Waals surface area (Å²) in [4.78, 5) is 29.0. The minimum atomic E-state index is -0.492. The highest BCUT2D eigenvalue weighted by Gasteiger charge is 2.14. The molecule has 8 nitrogen and oxygen atoms in total. The number of nitro benzene ring substituents is 1. The number of hydrogen-bond donors (Lipinski definition) is 3. The second kappa shape index (κ2) is 6.51. The zero-order valence-electron chi connectivity index (χ0n) is 11.4. The molecular weight excluding hydrogens is 274 g/mol. The summed E-state index contributed by atoms with van der Waals surface area (Å²) in [5.74, 6) is 0.677. The molecule has 0 radical (unpaired) electrons. The number of aromatic amines is 1.